The fourth-order valence-electron chi connectivity index (χ4n) is 2.25. The molecule has 1 aliphatic heterocycles. The van der Waals surface area contributed by atoms with Gasteiger partial charge >= 0.3 is 12.0 Å². The molecule has 0 saturated carbocycles. The molecule has 2 unspecified atom stereocenters. The second kappa shape index (κ2) is 8.76. The van der Waals surface area contributed by atoms with Gasteiger partial charge in [-0.1, -0.05) is 6.42 Å². The Morgan fingerprint density at radius 1 is 1.15 bits per heavy atom. The van der Waals surface area contributed by atoms with Crippen LogP contribution in [0.3, 0.4) is 0 Å². The molecular weight excluding hydrogens is 264 g/mol. The third-order valence-corrected chi connectivity index (χ3v) is 3.45. The van der Waals surface area contributed by atoms with Crippen molar-refractivity contribution in [1.82, 2.24) is 10.2 Å². The Balaban J connectivity index is 2.15. The summed E-state index contributed by atoms with van der Waals surface area (Å²) >= 11 is 0. The number of carboxylic acids is 1. The molecule has 7 heteroatoms. The maximum absolute atomic E-state index is 11.9. The van der Waals surface area contributed by atoms with E-state index in [1.807, 2.05) is 0 Å². The van der Waals surface area contributed by atoms with E-state index in [2.05, 4.69) is 5.32 Å². The van der Waals surface area contributed by atoms with Crippen molar-refractivity contribution in [3.63, 3.8) is 0 Å². The third-order valence-electron chi connectivity index (χ3n) is 3.45. The van der Waals surface area contributed by atoms with Gasteiger partial charge in [0.05, 0.1) is 13.1 Å². The van der Waals surface area contributed by atoms with Crippen LogP contribution in [0.2, 0.25) is 0 Å². The monoisotopic (exact) mass is 288 g/mol. The first-order valence-electron chi connectivity index (χ1n) is 6.88. The van der Waals surface area contributed by atoms with E-state index in [-0.39, 0.29) is 24.7 Å². The lowest BCUT2D eigenvalue weighted by Crippen LogP contribution is -2.39. The summed E-state index contributed by atoms with van der Waals surface area (Å²) in [5.74, 6) is -0.776. The normalized spacial score (nSPS) is 22.0. The number of nitrogens with zero attached hydrogens (tertiary/aromatic N) is 1. The number of carbonyl (C=O) groups is 2. The second-order valence-electron chi connectivity index (χ2n) is 4.89. The summed E-state index contributed by atoms with van der Waals surface area (Å²) < 4.78 is 10.5. The number of amides is 2. The molecule has 2 amide bonds. The van der Waals surface area contributed by atoms with Gasteiger partial charge < -0.3 is 24.8 Å². The van der Waals surface area contributed by atoms with E-state index in [4.69, 9.17) is 14.6 Å². The predicted octanol–water partition coefficient (Wildman–Crippen LogP) is 0.687. The van der Waals surface area contributed by atoms with Crippen LogP contribution >= 0.6 is 0 Å². The van der Waals surface area contributed by atoms with Crippen LogP contribution in [0.15, 0.2) is 0 Å². The molecule has 0 aromatic heterocycles. The van der Waals surface area contributed by atoms with Gasteiger partial charge in [0.1, 0.15) is 12.2 Å². The lowest BCUT2D eigenvalue weighted by Gasteiger charge is -2.16. The molecule has 0 aliphatic carbocycles. The van der Waals surface area contributed by atoms with Crippen LogP contribution in [0.1, 0.15) is 25.7 Å². The number of likely N-dealkylation sites (tertiary alicyclic amines) is 1. The van der Waals surface area contributed by atoms with Gasteiger partial charge in [-0.3, -0.25) is 4.79 Å². The second-order valence-corrected chi connectivity index (χ2v) is 4.89. The molecule has 1 aliphatic rings. The highest BCUT2D eigenvalue weighted by Gasteiger charge is 2.35. The highest BCUT2D eigenvalue weighted by atomic mass is 16.5. The number of rotatable bonds is 8. The van der Waals surface area contributed by atoms with Crippen molar-refractivity contribution in [3.8, 4) is 0 Å². The lowest BCUT2D eigenvalue weighted by atomic mass is 10.2. The van der Waals surface area contributed by atoms with E-state index < -0.39 is 5.97 Å². The molecule has 1 fully saturated rings. The summed E-state index contributed by atoms with van der Waals surface area (Å²) in [5.41, 5.74) is 0. The summed E-state index contributed by atoms with van der Waals surface area (Å²) in [6.45, 7) is 1.62. The molecule has 0 spiro atoms. The Morgan fingerprint density at radius 3 is 2.25 bits per heavy atom. The van der Waals surface area contributed by atoms with E-state index in [1.165, 1.54) is 0 Å². The minimum atomic E-state index is -0.776. The first kappa shape index (κ1) is 16.7. The van der Waals surface area contributed by atoms with Crippen molar-refractivity contribution >= 4 is 12.0 Å². The van der Waals surface area contributed by atoms with E-state index in [0.717, 1.165) is 12.8 Å². The average Bonchev–Trinajstić information content (AvgIpc) is 2.85. The minimum absolute atomic E-state index is 0.0821. The molecule has 20 heavy (non-hydrogen) atoms. The zero-order valence-electron chi connectivity index (χ0n) is 12.1. The number of urea groups is 1. The largest absolute Gasteiger partial charge is 0.481 e. The Kier molecular flexibility index (Phi) is 7.32. The molecule has 1 rings (SSSR count). The van der Waals surface area contributed by atoms with Crippen molar-refractivity contribution in [2.75, 3.05) is 33.9 Å². The summed E-state index contributed by atoms with van der Waals surface area (Å²) in [5, 5.41) is 11.3. The molecule has 116 valence electrons. The molecular formula is C13H24N2O5. The first-order valence-corrected chi connectivity index (χ1v) is 6.88. The van der Waals surface area contributed by atoms with Gasteiger partial charge in [0.2, 0.25) is 0 Å². The number of unbranched alkanes of at least 4 members (excludes halogenated alkanes) is 2. The quantitative estimate of drug-likeness (QED) is 0.641. The van der Waals surface area contributed by atoms with Crippen LogP contribution < -0.4 is 5.32 Å². The van der Waals surface area contributed by atoms with Crippen LogP contribution in [0.5, 0.6) is 0 Å². The van der Waals surface area contributed by atoms with Gasteiger partial charge in [0.15, 0.2) is 0 Å². The number of methoxy groups -OCH3 is 2. The van der Waals surface area contributed by atoms with Gasteiger partial charge in [-0.25, -0.2) is 4.79 Å². The lowest BCUT2D eigenvalue weighted by molar-refractivity contribution is -0.137. The molecule has 0 aromatic carbocycles. The van der Waals surface area contributed by atoms with Crippen molar-refractivity contribution in [2.24, 2.45) is 0 Å². The van der Waals surface area contributed by atoms with Crippen LogP contribution in [0.25, 0.3) is 0 Å². The van der Waals surface area contributed by atoms with Crippen LogP contribution in [-0.2, 0) is 14.3 Å². The SMILES string of the molecule is COC1CN(C(=O)NCCCCCC(=O)O)CC1OC. The molecule has 1 saturated heterocycles. The van der Waals surface area contributed by atoms with E-state index >= 15 is 0 Å². The number of carboxylic acid groups (broad SMARTS) is 1. The molecule has 2 atom stereocenters. The number of carbonyl (C=O) groups excluding carboxylic acids is 1. The molecule has 0 bridgehead atoms. The maximum Gasteiger partial charge on any atom is 0.317 e. The number of hydrogen-bond acceptors (Lipinski definition) is 4. The van der Waals surface area contributed by atoms with Crippen molar-refractivity contribution < 1.29 is 24.2 Å². The summed E-state index contributed by atoms with van der Waals surface area (Å²) in [4.78, 5) is 23.9. The number of ether oxygens (including phenoxy) is 2. The van der Waals surface area contributed by atoms with Gasteiger partial charge in [-0.15, -0.1) is 0 Å². The van der Waals surface area contributed by atoms with E-state index in [0.29, 0.717) is 26.1 Å². The van der Waals surface area contributed by atoms with Crippen molar-refractivity contribution in [1.29, 1.82) is 0 Å². The smallest absolute Gasteiger partial charge is 0.317 e. The van der Waals surface area contributed by atoms with E-state index in [1.54, 1.807) is 19.1 Å². The highest BCUT2D eigenvalue weighted by molar-refractivity contribution is 5.74. The standard InChI is InChI=1S/C13H24N2O5/c1-19-10-8-15(9-11(10)20-2)13(18)14-7-5-3-4-6-12(16)17/h10-11H,3-9H2,1-2H3,(H,14,18)(H,16,17). The number of aliphatic carboxylic acids is 1. The zero-order valence-corrected chi connectivity index (χ0v) is 12.1. The van der Waals surface area contributed by atoms with Crippen LogP contribution in [-0.4, -0.2) is 68.1 Å². The third kappa shape index (κ3) is 5.34. The summed E-state index contributed by atoms with van der Waals surface area (Å²) in [7, 11) is 3.22. The Labute approximate surface area is 119 Å². The fourth-order valence-corrected chi connectivity index (χ4v) is 2.25. The molecule has 1 heterocycles. The molecule has 0 aromatic rings. The predicted molar refractivity (Wildman–Crippen MR) is 72.7 cm³/mol. The van der Waals surface area contributed by atoms with Gasteiger partial charge in [0, 0.05) is 27.2 Å². The van der Waals surface area contributed by atoms with Crippen LogP contribution in [0.4, 0.5) is 4.79 Å². The van der Waals surface area contributed by atoms with Gasteiger partial charge in [0.25, 0.3) is 0 Å². The van der Waals surface area contributed by atoms with Crippen molar-refractivity contribution in [3.05, 3.63) is 0 Å². The number of hydrogen-bond donors (Lipinski definition) is 2. The maximum atomic E-state index is 11.9. The molecule has 0 radical (unpaired) electrons. The average molecular weight is 288 g/mol. The Morgan fingerprint density at radius 2 is 1.75 bits per heavy atom. The van der Waals surface area contributed by atoms with E-state index in [9.17, 15) is 9.59 Å². The molecule has 7 nitrogen and oxygen atoms in total. The first-order chi connectivity index (χ1) is 9.58. The van der Waals surface area contributed by atoms with Gasteiger partial charge in [-0.2, -0.15) is 0 Å². The fraction of sp³-hybridized carbons (Fsp3) is 0.846. The minimum Gasteiger partial charge on any atom is -0.481 e. The van der Waals surface area contributed by atoms with Crippen LogP contribution in [0, 0.1) is 0 Å². The summed E-state index contributed by atoms with van der Waals surface area (Å²) in [6.07, 6.45) is 2.25. The Hall–Kier alpha value is -1.34. The summed E-state index contributed by atoms with van der Waals surface area (Å²) in [6, 6.07) is -0.121. The zero-order chi connectivity index (χ0) is 15.0. The topological polar surface area (TPSA) is 88.1 Å². The molecule has 2 N–H and O–H groups in total. The Bertz CT molecular complexity index is 312. The van der Waals surface area contributed by atoms with Crippen molar-refractivity contribution in [2.45, 2.75) is 37.9 Å². The number of nitrogens with one attached hydrogen (secondary N) is 1. The highest BCUT2D eigenvalue weighted by Crippen LogP contribution is 2.15. The van der Waals surface area contributed by atoms with Gasteiger partial charge in [-0.05, 0) is 12.8 Å².